The molecule has 0 N–H and O–H groups in total. The fraction of sp³-hybridized carbons (Fsp3) is 0.444. The molecular formula is C9H10O4. The van der Waals surface area contributed by atoms with Crippen LogP contribution in [0.15, 0.2) is 24.8 Å². The Kier molecular flexibility index (Phi) is 2.16. The molecule has 0 aromatic rings. The topological polar surface area (TPSA) is 44.8 Å². The summed E-state index contributed by atoms with van der Waals surface area (Å²) in [6.45, 7) is 3.84. The second kappa shape index (κ2) is 3.32. The Labute approximate surface area is 75.8 Å². The van der Waals surface area contributed by atoms with Gasteiger partial charge in [-0.1, -0.05) is 12.7 Å². The van der Waals surface area contributed by atoms with E-state index in [9.17, 15) is 4.79 Å². The minimum atomic E-state index is -0.466. The number of ether oxygens (including phenoxy) is 3. The number of esters is 1. The van der Waals surface area contributed by atoms with Crippen LogP contribution in [-0.2, 0) is 19.0 Å². The smallest absolute Gasteiger partial charge is 0.330 e. The Bertz CT molecular complexity index is 258. The van der Waals surface area contributed by atoms with Gasteiger partial charge in [-0.3, -0.25) is 0 Å². The molecule has 4 heteroatoms. The van der Waals surface area contributed by atoms with E-state index in [4.69, 9.17) is 14.2 Å². The van der Waals surface area contributed by atoms with Crippen molar-refractivity contribution in [3.8, 4) is 0 Å². The minimum Gasteiger partial charge on any atom is -0.450 e. The first-order chi connectivity index (χ1) is 6.29. The van der Waals surface area contributed by atoms with Crippen LogP contribution in [-0.4, -0.2) is 31.1 Å². The second-order valence-electron chi connectivity index (χ2n) is 2.87. The lowest BCUT2D eigenvalue weighted by Crippen LogP contribution is -2.32. The van der Waals surface area contributed by atoms with Crippen LogP contribution >= 0.6 is 0 Å². The van der Waals surface area contributed by atoms with Crippen LogP contribution in [0.1, 0.15) is 0 Å². The lowest BCUT2D eigenvalue weighted by atomic mass is 10.2. The van der Waals surface area contributed by atoms with Gasteiger partial charge in [0.2, 0.25) is 0 Å². The molecule has 70 valence electrons. The molecule has 13 heavy (non-hydrogen) atoms. The molecule has 0 aliphatic carbocycles. The summed E-state index contributed by atoms with van der Waals surface area (Å²) >= 11 is 0. The number of carbonyl (C=O) groups excluding carboxylic acids is 1. The van der Waals surface area contributed by atoms with E-state index < -0.39 is 18.4 Å². The number of hydrogen-bond donors (Lipinski definition) is 0. The average molecular weight is 182 g/mol. The highest BCUT2D eigenvalue weighted by Crippen LogP contribution is 2.23. The highest BCUT2D eigenvalue weighted by molar-refractivity contribution is 5.81. The molecule has 0 radical (unpaired) electrons. The molecule has 0 spiro atoms. The maximum atomic E-state index is 10.9. The maximum absolute atomic E-state index is 10.9. The third-order valence-corrected chi connectivity index (χ3v) is 1.94. The first-order valence-electron chi connectivity index (χ1n) is 4.08. The maximum Gasteiger partial charge on any atom is 0.330 e. The lowest BCUT2D eigenvalue weighted by Gasteiger charge is -2.21. The predicted molar refractivity (Wildman–Crippen MR) is 43.8 cm³/mol. The van der Waals surface area contributed by atoms with Crippen molar-refractivity contribution >= 4 is 5.97 Å². The Morgan fingerprint density at radius 3 is 3.23 bits per heavy atom. The van der Waals surface area contributed by atoms with Gasteiger partial charge in [0.1, 0.15) is 6.10 Å². The fourth-order valence-electron chi connectivity index (χ4n) is 1.31. The molecule has 2 rings (SSSR count). The molecule has 2 aliphatic heterocycles. The van der Waals surface area contributed by atoms with Crippen molar-refractivity contribution in [1.29, 1.82) is 0 Å². The largest absolute Gasteiger partial charge is 0.450 e. The zero-order valence-corrected chi connectivity index (χ0v) is 7.01. The zero-order valence-electron chi connectivity index (χ0n) is 7.01. The van der Waals surface area contributed by atoms with E-state index in [1.807, 2.05) is 6.08 Å². The monoisotopic (exact) mass is 182 g/mol. The molecule has 2 heterocycles. The minimum absolute atomic E-state index is 0.0173. The summed E-state index contributed by atoms with van der Waals surface area (Å²) in [5.74, 6) is -0.466. The zero-order chi connectivity index (χ0) is 9.26. The predicted octanol–water partition coefficient (Wildman–Crippen LogP) is 0.395. The summed E-state index contributed by atoms with van der Waals surface area (Å²) in [4.78, 5) is 10.9. The van der Waals surface area contributed by atoms with E-state index in [0.717, 1.165) is 6.08 Å². The first kappa shape index (κ1) is 8.47. The van der Waals surface area contributed by atoms with Crippen molar-refractivity contribution in [2.75, 3.05) is 6.61 Å². The van der Waals surface area contributed by atoms with Crippen LogP contribution in [0.3, 0.4) is 0 Å². The molecule has 4 nitrogen and oxygen atoms in total. The molecule has 2 aliphatic rings. The molecule has 0 saturated carbocycles. The standard InChI is InChI=1S/C9H10O4/c1-2-8(10)13-7-4-3-6-5-11-9(7)12-6/h2-4,6-7,9H,1,5H2. The first-order valence-corrected chi connectivity index (χ1v) is 4.08. The van der Waals surface area contributed by atoms with Gasteiger partial charge < -0.3 is 14.2 Å². The van der Waals surface area contributed by atoms with E-state index in [1.54, 1.807) is 6.08 Å². The number of fused-ring (bicyclic) bond motifs is 2. The summed E-state index contributed by atoms with van der Waals surface area (Å²) in [6, 6.07) is 0. The van der Waals surface area contributed by atoms with Gasteiger partial charge >= 0.3 is 5.97 Å². The van der Waals surface area contributed by atoms with E-state index >= 15 is 0 Å². The van der Waals surface area contributed by atoms with Crippen molar-refractivity contribution < 1.29 is 19.0 Å². The van der Waals surface area contributed by atoms with E-state index in [0.29, 0.717) is 6.61 Å². The van der Waals surface area contributed by atoms with E-state index in [1.165, 1.54) is 0 Å². The normalized spacial score (nSPS) is 35.8. The van der Waals surface area contributed by atoms with Crippen LogP contribution in [0.2, 0.25) is 0 Å². The van der Waals surface area contributed by atoms with Crippen LogP contribution < -0.4 is 0 Å². The molecule has 2 bridgehead atoms. The van der Waals surface area contributed by atoms with Gasteiger partial charge in [0.25, 0.3) is 0 Å². The Morgan fingerprint density at radius 1 is 1.62 bits per heavy atom. The number of carbonyl (C=O) groups is 1. The fourth-order valence-corrected chi connectivity index (χ4v) is 1.31. The summed E-state index contributed by atoms with van der Waals surface area (Å²) in [6.07, 6.45) is 3.87. The third-order valence-electron chi connectivity index (χ3n) is 1.94. The van der Waals surface area contributed by atoms with E-state index in [-0.39, 0.29) is 6.10 Å². The third kappa shape index (κ3) is 1.64. The van der Waals surface area contributed by atoms with Crippen molar-refractivity contribution in [1.82, 2.24) is 0 Å². The van der Waals surface area contributed by atoms with Crippen molar-refractivity contribution in [2.45, 2.75) is 18.5 Å². The van der Waals surface area contributed by atoms with Gasteiger partial charge in [-0.25, -0.2) is 4.79 Å². The quantitative estimate of drug-likeness (QED) is 0.352. The molecule has 0 amide bonds. The van der Waals surface area contributed by atoms with Gasteiger partial charge in [-0.2, -0.15) is 0 Å². The van der Waals surface area contributed by atoms with Gasteiger partial charge in [-0.05, 0) is 6.08 Å². The van der Waals surface area contributed by atoms with Gasteiger partial charge in [0.05, 0.1) is 6.61 Å². The summed E-state index contributed by atoms with van der Waals surface area (Å²) < 4.78 is 15.6. The molecule has 1 saturated heterocycles. The van der Waals surface area contributed by atoms with Gasteiger partial charge in [0.15, 0.2) is 12.4 Å². The Balaban J connectivity index is 2.00. The van der Waals surface area contributed by atoms with Crippen LogP contribution in [0.25, 0.3) is 0 Å². The lowest BCUT2D eigenvalue weighted by molar-refractivity contribution is -0.164. The molecule has 0 aromatic heterocycles. The summed E-state index contributed by atoms with van der Waals surface area (Å²) in [7, 11) is 0. The molecule has 1 fully saturated rings. The van der Waals surface area contributed by atoms with E-state index in [2.05, 4.69) is 6.58 Å². The van der Waals surface area contributed by atoms with Crippen molar-refractivity contribution in [2.24, 2.45) is 0 Å². The van der Waals surface area contributed by atoms with Gasteiger partial charge in [-0.15, -0.1) is 0 Å². The molecular weight excluding hydrogens is 172 g/mol. The van der Waals surface area contributed by atoms with Crippen LogP contribution in [0.5, 0.6) is 0 Å². The summed E-state index contributed by atoms with van der Waals surface area (Å²) in [5, 5.41) is 0. The molecule has 3 unspecified atom stereocenters. The van der Waals surface area contributed by atoms with Crippen LogP contribution in [0.4, 0.5) is 0 Å². The SMILES string of the molecule is C=CC(=O)OC1C=CC2COC1O2. The van der Waals surface area contributed by atoms with Crippen LogP contribution in [0, 0.1) is 0 Å². The van der Waals surface area contributed by atoms with Gasteiger partial charge in [0, 0.05) is 6.08 Å². The summed E-state index contributed by atoms with van der Waals surface area (Å²) in [5.41, 5.74) is 0. The van der Waals surface area contributed by atoms with Crippen molar-refractivity contribution in [3.63, 3.8) is 0 Å². The highest BCUT2D eigenvalue weighted by atomic mass is 16.7. The molecule has 3 atom stereocenters. The highest BCUT2D eigenvalue weighted by Gasteiger charge is 2.36. The Morgan fingerprint density at radius 2 is 2.46 bits per heavy atom. The second-order valence-corrected chi connectivity index (χ2v) is 2.87. The number of hydrogen-bond acceptors (Lipinski definition) is 4. The molecule has 0 aromatic carbocycles. The van der Waals surface area contributed by atoms with Crippen molar-refractivity contribution in [3.05, 3.63) is 24.8 Å². The number of rotatable bonds is 2. The average Bonchev–Trinajstić information content (AvgIpc) is 2.54. The Hall–Kier alpha value is -1.13.